The number of anilines is 1. The Kier molecular flexibility index (Phi) is 7.31. The highest BCUT2D eigenvalue weighted by atomic mass is 35.5. The Balaban J connectivity index is 1.80. The number of carbonyl (C=O) groups is 1. The minimum absolute atomic E-state index is 0.00742. The van der Waals surface area contributed by atoms with Crippen LogP contribution < -0.4 is 9.64 Å². The van der Waals surface area contributed by atoms with Gasteiger partial charge in [0, 0.05) is 42.1 Å². The molecule has 5 nitrogen and oxygen atoms in total. The van der Waals surface area contributed by atoms with Crippen LogP contribution in [0.2, 0.25) is 5.02 Å². The average Bonchev–Trinajstić information content (AvgIpc) is 2.93. The first-order valence-electron chi connectivity index (χ1n) is 11.2. The number of rotatable bonds is 7. The molecule has 0 saturated heterocycles. The summed E-state index contributed by atoms with van der Waals surface area (Å²) in [5, 5.41) is 0.686. The molecule has 0 unspecified atom stereocenters. The van der Waals surface area contributed by atoms with Crippen LogP contribution in [0.5, 0.6) is 5.75 Å². The lowest BCUT2D eigenvalue weighted by molar-refractivity contribution is -0.123. The van der Waals surface area contributed by atoms with Gasteiger partial charge in [0.15, 0.2) is 0 Å². The first kappa shape index (κ1) is 23.3. The molecule has 1 aliphatic rings. The fourth-order valence-electron chi connectivity index (χ4n) is 4.56. The summed E-state index contributed by atoms with van der Waals surface area (Å²) < 4.78 is 5.36. The van der Waals surface area contributed by atoms with Gasteiger partial charge >= 0.3 is 0 Å². The molecule has 2 atom stereocenters. The Morgan fingerprint density at radius 3 is 2.58 bits per heavy atom. The second kappa shape index (κ2) is 10.4. The van der Waals surface area contributed by atoms with Crippen molar-refractivity contribution < 1.29 is 9.53 Å². The Bertz CT molecular complexity index is 1090. The fourth-order valence-corrected chi connectivity index (χ4v) is 4.75. The van der Waals surface area contributed by atoms with Crippen LogP contribution in [0.4, 0.5) is 5.69 Å². The minimum Gasteiger partial charge on any atom is -0.497 e. The summed E-state index contributed by atoms with van der Waals surface area (Å²) in [6.07, 6.45) is 3.09. The van der Waals surface area contributed by atoms with Gasteiger partial charge in [0.05, 0.1) is 13.0 Å². The molecular weight excluding hydrogens is 434 g/mol. The predicted octanol–water partition coefficient (Wildman–Crippen LogP) is 4.84. The molecule has 2 heterocycles. The van der Waals surface area contributed by atoms with Gasteiger partial charge in [-0.15, -0.1) is 0 Å². The molecule has 0 N–H and O–H groups in total. The van der Waals surface area contributed by atoms with E-state index in [4.69, 9.17) is 16.3 Å². The maximum atomic E-state index is 14.1. The predicted molar refractivity (Wildman–Crippen MR) is 133 cm³/mol. The van der Waals surface area contributed by atoms with Gasteiger partial charge in [-0.2, -0.15) is 0 Å². The first-order valence-corrected chi connectivity index (χ1v) is 11.6. The Morgan fingerprint density at radius 1 is 1.12 bits per heavy atom. The average molecular weight is 464 g/mol. The number of methoxy groups -OCH3 is 1. The third-order valence-corrected chi connectivity index (χ3v) is 6.55. The molecule has 0 spiro atoms. The van der Waals surface area contributed by atoms with E-state index in [2.05, 4.69) is 22.0 Å². The number of fused-ring (bicyclic) bond motifs is 1. The van der Waals surface area contributed by atoms with Crippen molar-refractivity contribution in [2.75, 3.05) is 39.2 Å². The van der Waals surface area contributed by atoms with Crippen LogP contribution in [0.1, 0.15) is 22.7 Å². The van der Waals surface area contributed by atoms with E-state index < -0.39 is 0 Å². The molecular formula is C27H30ClN3O2. The summed E-state index contributed by atoms with van der Waals surface area (Å²) in [6.45, 7) is 1.39. The molecule has 6 heteroatoms. The molecule has 1 amide bonds. The molecule has 0 aliphatic carbocycles. The summed E-state index contributed by atoms with van der Waals surface area (Å²) in [7, 11) is 5.71. The molecule has 1 aliphatic heterocycles. The zero-order chi connectivity index (χ0) is 23.4. The SMILES string of the molecule is COc1ccc([C@H]2Cc3cc(Cl)ccc3N(CCN(C)C)C(=O)[C@H]2Cc2ccccn2)cc1. The molecule has 3 aromatic rings. The second-order valence-corrected chi connectivity index (χ2v) is 9.22. The lowest BCUT2D eigenvalue weighted by atomic mass is 9.79. The maximum Gasteiger partial charge on any atom is 0.231 e. The number of halogens is 1. The maximum absolute atomic E-state index is 14.1. The normalized spacial score (nSPS) is 18.2. The van der Waals surface area contributed by atoms with E-state index in [1.807, 2.05) is 67.5 Å². The van der Waals surface area contributed by atoms with E-state index >= 15 is 0 Å². The van der Waals surface area contributed by atoms with Gasteiger partial charge in [0.25, 0.3) is 0 Å². The summed E-state index contributed by atoms with van der Waals surface area (Å²) in [4.78, 5) is 22.7. The molecule has 2 aromatic carbocycles. The van der Waals surface area contributed by atoms with Crippen molar-refractivity contribution in [1.82, 2.24) is 9.88 Å². The highest BCUT2D eigenvalue weighted by molar-refractivity contribution is 6.30. The highest BCUT2D eigenvalue weighted by Crippen LogP contribution is 2.40. The van der Waals surface area contributed by atoms with E-state index in [9.17, 15) is 4.79 Å². The highest BCUT2D eigenvalue weighted by Gasteiger charge is 2.38. The van der Waals surface area contributed by atoms with Crippen molar-refractivity contribution in [3.8, 4) is 5.75 Å². The van der Waals surface area contributed by atoms with Crippen LogP contribution in [0.3, 0.4) is 0 Å². The Hall–Kier alpha value is -2.89. The number of ether oxygens (including phenoxy) is 1. The number of carbonyl (C=O) groups excluding carboxylic acids is 1. The third kappa shape index (κ3) is 5.37. The summed E-state index contributed by atoms with van der Waals surface area (Å²) >= 11 is 6.40. The molecule has 0 saturated carbocycles. The number of nitrogens with zero attached hydrogens (tertiary/aromatic N) is 3. The van der Waals surface area contributed by atoms with Crippen LogP contribution in [-0.4, -0.2) is 50.1 Å². The topological polar surface area (TPSA) is 45.7 Å². The van der Waals surface area contributed by atoms with Gasteiger partial charge in [-0.25, -0.2) is 0 Å². The van der Waals surface area contributed by atoms with Crippen LogP contribution in [0.15, 0.2) is 66.9 Å². The zero-order valence-electron chi connectivity index (χ0n) is 19.4. The van der Waals surface area contributed by atoms with Gasteiger partial charge in [-0.1, -0.05) is 29.8 Å². The summed E-state index contributed by atoms with van der Waals surface area (Å²) in [5.74, 6) is 0.675. The summed E-state index contributed by atoms with van der Waals surface area (Å²) in [5.41, 5.74) is 4.09. The Labute approximate surface area is 201 Å². The lowest BCUT2D eigenvalue weighted by Gasteiger charge is -2.29. The van der Waals surface area contributed by atoms with Crippen molar-refractivity contribution in [2.24, 2.45) is 5.92 Å². The minimum atomic E-state index is -0.248. The number of amides is 1. The van der Waals surface area contributed by atoms with Gasteiger partial charge in [0.2, 0.25) is 5.91 Å². The van der Waals surface area contributed by atoms with Crippen LogP contribution in [0.25, 0.3) is 0 Å². The van der Waals surface area contributed by atoms with E-state index in [0.717, 1.165) is 41.2 Å². The monoisotopic (exact) mass is 463 g/mol. The number of aromatic nitrogens is 1. The number of likely N-dealkylation sites (N-methyl/N-ethyl adjacent to an activating group) is 1. The van der Waals surface area contributed by atoms with Crippen LogP contribution >= 0.6 is 11.6 Å². The summed E-state index contributed by atoms with van der Waals surface area (Å²) in [6, 6.07) is 19.8. The number of benzene rings is 2. The molecule has 0 fully saturated rings. The van der Waals surface area contributed by atoms with E-state index in [0.29, 0.717) is 18.0 Å². The number of pyridine rings is 1. The zero-order valence-corrected chi connectivity index (χ0v) is 20.1. The van der Waals surface area contributed by atoms with Crippen molar-refractivity contribution in [3.63, 3.8) is 0 Å². The molecule has 0 radical (unpaired) electrons. The number of hydrogen-bond donors (Lipinski definition) is 0. The van der Waals surface area contributed by atoms with Gasteiger partial charge in [-0.05, 0) is 80.0 Å². The van der Waals surface area contributed by atoms with Crippen molar-refractivity contribution in [1.29, 1.82) is 0 Å². The quantitative estimate of drug-likeness (QED) is 0.503. The molecule has 33 heavy (non-hydrogen) atoms. The van der Waals surface area contributed by atoms with Crippen molar-refractivity contribution in [3.05, 3.63) is 88.7 Å². The third-order valence-electron chi connectivity index (χ3n) is 6.31. The van der Waals surface area contributed by atoms with Crippen LogP contribution in [0, 0.1) is 5.92 Å². The lowest BCUT2D eigenvalue weighted by Crippen LogP contribution is -2.41. The molecule has 4 rings (SSSR count). The largest absolute Gasteiger partial charge is 0.497 e. The molecule has 0 bridgehead atoms. The van der Waals surface area contributed by atoms with E-state index in [1.165, 1.54) is 0 Å². The standard InChI is InChI=1S/C27H30ClN3O2/c1-30(2)14-15-31-26-12-9-21(28)16-20(26)17-24(19-7-10-23(33-3)11-8-19)25(27(31)32)18-22-6-4-5-13-29-22/h4-13,16,24-25H,14-15,17-18H2,1-3H3/t24-,25+/m1/s1. The number of hydrogen-bond acceptors (Lipinski definition) is 4. The van der Waals surface area contributed by atoms with Crippen molar-refractivity contribution >= 4 is 23.2 Å². The van der Waals surface area contributed by atoms with E-state index in [-0.39, 0.29) is 17.7 Å². The van der Waals surface area contributed by atoms with Crippen LogP contribution in [-0.2, 0) is 17.6 Å². The van der Waals surface area contributed by atoms with Gasteiger partial charge in [-0.3, -0.25) is 9.78 Å². The fraction of sp³-hybridized carbons (Fsp3) is 0.333. The molecule has 1 aromatic heterocycles. The second-order valence-electron chi connectivity index (χ2n) is 8.78. The van der Waals surface area contributed by atoms with Gasteiger partial charge < -0.3 is 14.5 Å². The van der Waals surface area contributed by atoms with Crippen molar-refractivity contribution in [2.45, 2.75) is 18.8 Å². The smallest absolute Gasteiger partial charge is 0.231 e. The van der Waals surface area contributed by atoms with E-state index in [1.54, 1.807) is 13.3 Å². The Morgan fingerprint density at radius 2 is 1.91 bits per heavy atom. The first-order chi connectivity index (χ1) is 16.0. The van der Waals surface area contributed by atoms with Gasteiger partial charge in [0.1, 0.15) is 5.75 Å². The molecule has 172 valence electrons.